The van der Waals surface area contributed by atoms with E-state index >= 15 is 0 Å². The Kier molecular flexibility index (Phi) is 3.25. The van der Waals surface area contributed by atoms with Crippen molar-refractivity contribution in [1.29, 1.82) is 0 Å². The van der Waals surface area contributed by atoms with Gasteiger partial charge in [-0.15, -0.1) is 0 Å². The molecule has 1 heterocycles. The third-order valence-electron chi connectivity index (χ3n) is 2.67. The average Bonchev–Trinajstić information content (AvgIpc) is 2.76. The summed E-state index contributed by atoms with van der Waals surface area (Å²) in [6.07, 6.45) is 3.37. The van der Waals surface area contributed by atoms with E-state index in [1.54, 1.807) is 0 Å². The maximum Gasteiger partial charge on any atom is 0.219 e. The van der Waals surface area contributed by atoms with Crippen LogP contribution in [-0.4, -0.2) is 17.4 Å². The van der Waals surface area contributed by atoms with Gasteiger partial charge in [0.25, 0.3) is 0 Å². The summed E-state index contributed by atoms with van der Waals surface area (Å²) >= 11 is 0. The number of nitrogens with one attached hydrogen (secondary N) is 2. The Bertz CT molecular complexity index is 487. The van der Waals surface area contributed by atoms with Gasteiger partial charge in [0.2, 0.25) is 5.91 Å². The molecule has 0 unspecified atom stereocenters. The van der Waals surface area contributed by atoms with Gasteiger partial charge in [-0.2, -0.15) is 0 Å². The van der Waals surface area contributed by atoms with Crippen molar-refractivity contribution < 1.29 is 4.79 Å². The van der Waals surface area contributed by atoms with Crippen LogP contribution in [0.1, 0.15) is 18.9 Å². The third-order valence-corrected chi connectivity index (χ3v) is 2.67. The first-order valence-electron chi connectivity index (χ1n) is 5.62. The number of carbonyl (C=O) groups is 1. The van der Waals surface area contributed by atoms with Gasteiger partial charge in [0.1, 0.15) is 0 Å². The maximum atomic E-state index is 11.1. The van der Waals surface area contributed by atoms with E-state index in [2.05, 4.69) is 34.6 Å². The van der Waals surface area contributed by atoms with Crippen LogP contribution >= 0.6 is 0 Å². The van der Waals surface area contributed by atoms with E-state index in [0.29, 0.717) is 13.0 Å². The van der Waals surface area contributed by atoms with Crippen molar-refractivity contribution in [2.75, 3.05) is 6.54 Å². The summed E-state index contributed by atoms with van der Waals surface area (Å²) in [6, 6.07) is 8.39. The number of H-pyrrole nitrogens is 1. The Morgan fingerprint density at radius 2 is 2.25 bits per heavy atom. The van der Waals surface area contributed by atoms with Gasteiger partial charge in [0.05, 0.1) is 0 Å². The van der Waals surface area contributed by atoms with Crippen LogP contribution in [0.25, 0.3) is 10.9 Å². The molecule has 0 fully saturated rings. The first-order chi connectivity index (χ1) is 7.79. The highest BCUT2D eigenvalue weighted by Gasteiger charge is 1.99. The number of hydrogen-bond donors (Lipinski definition) is 2. The maximum absolute atomic E-state index is 11.1. The van der Waals surface area contributed by atoms with Gasteiger partial charge in [0.15, 0.2) is 0 Å². The molecule has 2 N–H and O–H groups in total. The fraction of sp³-hybridized carbons (Fsp3) is 0.308. The molecule has 1 aromatic heterocycles. The molecule has 0 spiro atoms. The number of aromatic nitrogens is 1. The smallest absolute Gasteiger partial charge is 0.219 e. The lowest BCUT2D eigenvalue weighted by atomic mass is 10.1. The minimum absolute atomic E-state index is 0.114. The number of benzene rings is 1. The van der Waals surface area contributed by atoms with Crippen LogP contribution in [0.3, 0.4) is 0 Å². The van der Waals surface area contributed by atoms with Gasteiger partial charge in [-0.1, -0.05) is 13.0 Å². The van der Waals surface area contributed by atoms with Gasteiger partial charge in [-0.25, -0.2) is 0 Å². The summed E-state index contributed by atoms with van der Waals surface area (Å²) in [6.45, 7) is 2.57. The molecule has 0 saturated heterocycles. The summed E-state index contributed by atoms with van der Waals surface area (Å²) in [4.78, 5) is 14.2. The van der Waals surface area contributed by atoms with Crippen LogP contribution in [-0.2, 0) is 11.2 Å². The second-order valence-electron chi connectivity index (χ2n) is 3.85. The first kappa shape index (κ1) is 10.7. The van der Waals surface area contributed by atoms with Crippen LogP contribution in [0.2, 0.25) is 0 Å². The molecule has 0 radical (unpaired) electrons. The molecule has 3 nitrogen and oxygen atoms in total. The standard InChI is InChI=1S/C13H16N2O/c1-2-13(16)15-7-5-10-3-4-12-11(9-10)6-8-14-12/h3-4,6,8-9,14H,2,5,7H2,1H3,(H,15,16). The van der Waals surface area contributed by atoms with Crippen LogP contribution in [0.5, 0.6) is 0 Å². The Morgan fingerprint density at radius 3 is 3.06 bits per heavy atom. The Labute approximate surface area is 94.9 Å². The van der Waals surface area contributed by atoms with Crippen LogP contribution in [0.4, 0.5) is 0 Å². The summed E-state index contributed by atoms with van der Waals surface area (Å²) in [5.41, 5.74) is 2.41. The van der Waals surface area contributed by atoms with Crippen LogP contribution in [0, 0.1) is 0 Å². The number of hydrogen-bond acceptors (Lipinski definition) is 1. The molecule has 1 aromatic carbocycles. The molecule has 16 heavy (non-hydrogen) atoms. The van der Waals surface area contributed by atoms with Crippen LogP contribution in [0.15, 0.2) is 30.5 Å². The normalized spacial score (nSPS) is 10.6. The van der Waals surface area contributed by atoms with Crippen molar-refractivity contribution in [3.05, 3.63) is 36.0 Å². The molecule has 0 aliphatic carbocycles. The molecule has 2 rings (SSSR count). The summed E-state index contributed by atoms with van der Waals surface area (Å²) < 4.78 is 0. The fourth-order valence-electron chi connectivity index (χ4n) is 1.73. The van der Waals surface area contributed by atoms with Crippen molar-refractivity contribution in [2.24, 2.45) is 0 Å². The molecule has 0 bridgehead atoms. The van der Waals surface area contributed by atoms with Gasteiger partial charge < -0.3 is 10.3 Å². The Balaban J connectivity index is 1.96. The molecule has 3 heteroatoms. The lowest BCUT2D eigenvalue weighted by Crippen LogP contribution is -2.24. The monoisotopic (exact) mass is 216 g/mol. The molecule has 0 aliphatic rings. The highest BCUT2D eigenvalue weighted by Crippen LogP contribution is 2.14. The van der Waals surface area contributed by atoms with Gasteiger partial charge in [0, 0.05) is 24.7 Å². The molecule has 0 saturated carbocycles. The molecular formula is C13H16N2O. The van der Waals surface area contributed by atoms with Crippen LogP contribution < -0.4 is 5.32 Å². The van der Waals surface area contributed by atoms with Gasteiger partial charge >= 0.3 is 0 Å². The molecule has 0 aliphatic heterocycles. The van der Waals surface area contributed by atoms with E-state index in [1.165, 1.54) is 10.9 Å². The Hall–Kier alpha value is -1.77. The largest absolute Gasteiger partial charge is 0.361 e. The summed E-state index contributed by atoms with van der Waals surface area (Å²) in [5, 5.41) is 4.10. The molecule has 0 atom stereocenters. The molecule has 1 amide bonds. The number of fused-ring (bicyclic) bond motifs is 1. The van der Waals surface area contributed by atoms with Crippen molar-refractivity contribution in [3.8, 4) is 0 Å². The predicted octanol–water partition coefficient (Wildman–Crippen LogP) is 2.24. The van der Waals surface area contributed by atoms with E-state index in [9.17, 15) is 4.79 Å². The zero-order valence-corrected chi connectivity index (χ0v) is 9.42. The highest BCUT2D eigenvalue weighted by molar-refractivity contribution is 5.80. The third kappa shape index (κ3) is 2.42. The highest BCUT2D eigenvalue weighted by atomic mass is 16.1. The minimum atomic E-state index is 0.114. The summed E-state index contributed by atoms with van der Waals surface area (Å²) in [7, 11) is 0. The fourth-order valence-corrected chi connectivity index (χ4v) is 1.73. The zero-order valence-electron chi connectivity index (χ0n) is 9.42. The topological polar surface area (TPSA) is 44.9 Å². The van der Waals surface area contributed by atoms with E-state index in [-0.39, 0.29) is 5.91 Å². The zero-order chi connectivity index (χ0) is 11.4. The lowest BCUT2D eigenvalue weighted by molar-refractivity contribution is -0.120. The number of aromatic amines is 1. The first-order valence-corrected chi connectivity index (χ1v) is 5.62. The second kappa shape index (κ2) is 4.84. The predicted molar refractivity (Wildman–Crippen MR) is 65.3 cm³/mol. The molecule has 2 aromatic rings. The Morgan fingerprint density at radius 1 is 1.38 bits per heavy atom. The quantitative estimate of drug-likeness (QED) is 0.808. The molecular weight excluding hydrogens is 200 g/mol. The van der Waals surface area contributed by atoms with Crippen molar-refractivity contribution >= 4 is 16.8 Å². The SMILES string of the molecule is CCC(=O)NCCc1ccc2[nH]ccc2c1. The molecule has 84 valence electrons. The average molecular weight is 216 g/mol. The second-order valence-corrected chi connectivity index (χ2v) is 3.85. The van der Waals surface area contributed by atoms with E-state index < -0.39 is 0 Å². The van der Waals surface area contributed by atoms with E-state index in [1.807, 2.05) is 13.1 Å². The summed E-state index contributed by atoms with van der Waals surface area (Å²) in [5.74, 6) is 0.114. The number of amides is 1. The van der Waals surface area contributed by atoms with Gasteiger partial charge in [-0.05, 0) is 35.6 Å². The van der Waals surface area contributed by atoms with E-state index in [4.69, 9.17) is 0 Å². The minimum Gasteiger partial charge on any atom is -0.361 e. The number of carbonyl (C=O) groups excluding carboxylic acids is 1. The van der Waals surface area contributed by atoms with Crippen molar-refractivity contribution in [3.63, 3.8) is 0 Å². The van der Waals surface area contributed by atoms with E-state index in [0.717, 1.165) is 11.9 Å². The lowest BCUT2D eigenvalue weighted by Gasteiger charge is -2.03. The van der Waals surface area contributed by atoms with Crippen molar-refractivity contribution in [1.82, 2.24) is 10.3 Å². The van der Waals surface area contributed by atoms with Crippen molar-refractivity contribution in [2.45, 2.75) is 19.8 Å². The number of rotatable bonds is 4. The van der Waals surface area contributed by atoms with Gasteiger partial charge in [-0.3, -0.25) is 4.79 Å².